The molecule has 252 valence electrons. The van der Waals surface area contributed by atoms with E-state index in [9.17, 15) is 24.3 Å². The molecule has 2 aromatic rings. The van der Waals surface area contributed by atoms with Crippen molar-refractivity contribution >= 4 is 35.1 Å². The Balaban J connectivity index is 1.43. The molecule has 1 heterocycles. The monoisotopic (exact) mass is 645 g/mol. The predicted octanol–water partition coefficient (Wildman–Crippen LogP) is 5.36. The highest BCUT2D eigenvalue weighted by Gasteiger charge is 2.78. The summed E-state index contributed by atoms with van der Waals surface area (Å²) in [6.45, 7) is 14.4. The molecular weight excluding hydrogens is 598 g/mol. The smallest absolute Gasteiger partial charge is 0.410 e. The molecule has 10 nitrogen and oxygen atoms in total. The molecule has 10 heteroatoms. The minimum atomic E-state index is -1.03. The zero-order valence-corrected chi connectivity index (χ0v) is 28.6. The standard InChI is InChI=1S/C37H47N3O7/c1-34(2,3)46-32(44)38-19-20-39(33(45)47-35(4,5)6)21-22-40-29(41)27-28(30(40)42)37(8)26(24-17-13-10-14-18-24)25(36(27,7)31(37)43)23-15-11-9-12-16-23/h9-18,27-28,31,43H,19-22H2,1-8H3,(H,38,44). The number of ether oxygens (including phenoxy) is 2. The van der Waals surface area contributed by atoms with Crippen LogP contribution in [-0.4, -0.2) is 82.4 Å². The lowest BCUT2D eigenvalue weighted by atomic mass is 9.63. The molecule has 2 fully saturated rings. The fourth-order valence-corrected chi connectivity index (χ4v) is 7.81. The fraction of sp³-hybridized carbons (Fsp3) is 0.514. The van der Waals surface area contributed by atoms with Gasteiger partial charge in [0.1, 0.15) is 11.2 Å². The Morgan fingerprint density at radius 2 is 1.23 bits per heavy atom. The van der Waals surface area contributed by atoms with Crippen LogP contribution < -0.4 is 5.32 Å². The molecule has 47 heavy (non-hydrogen) atoms. The summed E-state index contributed by atoms with van der Waals surface area (Å²) < 4.78 is 10.9. The normalized spacial score (nSPS) is 26.8. The summed E-state index contributed by atoms with van der Waals surface area (Å²) in [4.78, 5) is 56.7. The molecule has 0 aromatic heterocycles. The van der Waals surface area contributed by atoms with Gasteiger partial charge >= 0.3 is 12.2 Å². The van der Waals surface area contributed by atoms with E-state index < -0.39 is 52.2 Å². The molecule has 4 atom stereocenters. The maximum absolute atomic E-state index is 14.3. The van der Waals surface area contributed by atoms with Crippen molar-refractivity contribution in [2.24, 2.45) is 22.7 Å². The van der Waals surface area contributed by atoms with Gasteiger partial charge in [0.15, 0.2) is 0 Å². The van der Waals surface area contributed by atoms with Crippen LogP contribution in [-0.2, 0) is 19.1 Å². The molecule has 1 aliphatic heterocycles. The second kappa shape index (κ2) is 12.1. The zero-order valence-electron chi connectivity index (χ0n) is 28.6. The third kappa shape index (κ3) is 6.04. The molecule has 0 spiro atoms. The topological polar surface area (TPSA) is 125 Å². The van der Waals surface area contributed by atoms with Crippen LogP contribution >= 0.6 is 0 Å². The van der Waals surface area contributed by atoms with E-state index in [0.717, 1.165) is 22.3 Å². The van der Waals surface area contributed by atoms with Crippen molar-refractivity contribution in [2.45, 2.75) is 72.7 Å². The zero-order chi connectivity index (χ0) is 34.5. The van der Waals surface area contributed by atoms with Crippen LogP contribution in [0.3, 0.4) is 0 Å². The molecule has 5 rings (SSSR count). The average molecular weight is 646 g/mol. The Bertz CT molecular complexity index is 1490. The van der Waals surface area contributed by atoms with Gasteiger partial charge in [0, 0.05) is 37.0 Å². The van der Waals surface area contributed by atoms with Crippen LogP contribution in [0.2, 0.25) is 0 Å². The van der Waals surface area contributed by atoms with Gasteiger partial charge in [0.25, 0.3) is 0 Å². The number of fused-ring (bicyclic) bond motifs is 5. The van der Waals surface area contributed by atoms with Crippen molar-refractivity contribution in [1.29, 1.82) is 0 Å². The number of amides is 4. The number of nitrogens with one attached hydrogen (secondary N) is 1. The van der Waals surface area contributed by atoms with E-state index in [1.54, 1.807) is 41.5 Å². The summed E-state index contributed by atoms with van der Waals surface area (Å²) in [6.07, 6.45) is -2.22. The van der Waals surface area contributed by atoms with Crippen LogP contribution in [0, 0.1) is 22.7 Å². The lowest BCUT2D eigenvalue weighted by molar-refractivity contribution is -0.143. The predicted molar refractivity (Wildman–Crippen MR) is 178 cm³/mol. The molecule has 1 saturated heterocycles. The summed E-state index contributed by atoms with van der Waals surface area (Å²) in [6, 6.07) is 19.5. The Labute approximate surface area is 277 Å². The van der Waals surface area contributed by atoms with E-state index in [-0.39, 0.29) is 38.0 Å². The number of aliphatic hydroxyl groups excluding tert-OH is 1. The van der Waals surface area contributed by atoms with Crippen molar-refractivity contribution in [3.05, 3.63) is 71.8 Å². The van der Waals surface area contributed by atoms with Crippen LogP contribution in [0.5, 0.6) is 0 Å². The number of hydrogen-bond donors (Lipinski definition) is 2. The number of carbonyl (C=O) groups excluding carboxylic acids is 4. The number of likely N-dealkylation sites (tertiary alicyclic amines) is 1. The van der Waals surface area contributed by atoms with E-state index in [1.807, 2.05) is 74.5 Å². The highest BCUT2D eigenvalue weighted by Crippen LogP contribution is 2.75. The highest BCUT2D eigenvalue weighted by molar-refractivity contribution is 6.14. The third-order valence-electron chi connectivity index (χ3n) is 9.57. The van der Waals surface area contributed by atoms with Gasteiger partial charge in [-0.3, -0.25) is 14.5 Å². The Morgan fingerprint density at radius 3 is 1.66 bits per heavy atom. The highest BCUT2D eigenvalue weighted by atomic mass is 16.6. The van der Waals surface area contributed by atoms with Crippen LogP contribution in [0.15, 0.2) is 60.7 Å². The third-order valence-corrected chi connectivity index (χ3v) is 9.57. The molecule has 4 unspecified atom stereocenters. The molecule has 0 radical (unpaired) electrons. The first-order valence-electron chi connectivity index (χ1n) is 16.3. The summed E-state index contributed by atoms with van der Waals surface area (Å²) in [5, 5.41) is 14.7. The number of carbonyl (C=O) groups is 4. The number of alkyl carbamates (subject to hydrolysis) is 1. The molecular formula is C37H47N3O7. The van der Waals surface area contributed by atoms with Gasteiger partial charge in [-0.1, -0.05) is 74.5 Å². The largest absolute Gasteiger partial charge is 0.444 e. The van der Waals surface area contributed by atoms with Crippen molar-refractivity contribution < 1.29 is 33.8 Å². The van der Waals surface area contributed by atoms with Crippen molar-refractivity contribution in [2.75, 3.05) is 26.2 Å². The van der Waals surface area contributed by atoms with Crippen molar-refractivity contribution in [1.82, 2.24) is 15.1 Å². The van der Waals surface area contributed by atoms with E-state index in [0.29, 0.717) is 0 Å². The second-order valence-corrected chi connectivity index (χ2v) is 15.1. The molecule has 2 aromatic carbocycles. The van der Waals surface area contributed by atoms with E-state index in [2.05, 4.69) is 5.32 Å². The van der Waals surface area contributed by atoms with E-state index in [4.69, 9.17) is 9.47 Å². The van der Waals surface area contributed by atoms with Crippen LogP contribution in [0.4, 0.5) is 9.59 Å². The Hall–Kier alpha value is -4.18. The lowest BCUT2D eigenvalue weighted by Crippen LogP contribution is -2.48. The fourth-order valence-electron chi connectivity index (χ4n) is 7.81. The average Bonchev–Trinajstić information content (AvgIpc) is 3.42. The minimum absolute atomic E-state index is 0.00231. The van der Waals surface area contributed by atoms with Gasteiger partial charge < -0.3 is 24.8 Å². The summed E-state index contributed by atoms with van der Waals surface area (Å²) in [5.74, 6) is -2.27. The Kier molecular flexibility index (Phi) is 8.81. The van der Waals surface area contributed by atoms with Gasteiger partial charge in [-0.25, -0.2) is 9.59 Å². The number of benzene rings is 2. The summed E-state index contributed by atoms with van der Waals surface area (Å²) >= 11 is 0. The minimum Gasteiger partial charge on any atom is -0.444 e. The first-order chi connectivity index (χ1) is 21.9. The van der Waals surface area contributed by atoms with Crippen molar-refractivity contribution in [3.8, 4) is 0 Å². The molecule has 4 amide bonds. The molecule has 2 aliphatic carbocycles. The van der Waals surface area contributed by atoms with Gasteiger partial charge in [-0.2, -0.15) is 0 Å². The number of rotatable bonds is 8. The van der Waals surface area contributed by atoms with E-state index in [1.165, 1.54) is 9.80 Å². The van der Waals surface area contributed by atoms with Gasteiger partial charge in [-0.15, -0.1) is 0 Å². The maximum atomic E-state index is 14.3. The van der Waals surface area contributed by atoms with Crippen molar-refractivity contribution in [3.63, 3.8) is 0 Å². The SMILES string of the molecule is CC(C)(C)OC(=O)NCCN(CCN1C(=O)C2C(C1=O)C1(C)C(c3ccccc3)=C(c3ccccc3)C2(C)C1O)C(=O)OC(C)(C)C. The number of aliphatic hydroxyl groups is 1. The van der Waals surface area contributed by atoms with Gasteiger partial charge in [-0.05, 0) is 63.8 Å². The maximum Gasteiger partial charge on any atom is 0.410 e. The second-order valence-electron chi connectivity index (χ2n) is 15.1. The number of hydrogen-bond acceptors (Lipinski definition) is 7. The summed E-state index contributed by atoms with van der Waals surface area (Å²) in [5.41, 5.74) is 0.0461. The van der Waals surface area contributed by atoms with Crippen LogP contribution in [0.1, 0.15) is 66.5 Å². The summed E-state index contributed by atoms with van der Waals surface area (Å²) in [7, 11) is 0. The molecule has 1 saturated carbocycles. The molecule has 2 bridgehead atoms. The first-order valence-corrected chi connectivity index (χ1v) is 16.3. The van der Waals surface area contributed by atoms with Crippen LogP contribution in [0.25, 0.3) is 11.1 Å². The quantitative estimate of drug-likeness (QED) is 0.370. The number of imide groups is 1. The lowest BCUT2D eigenvalue weighted by Gasteiger charge is -2.37. The number of nitrogens with zero attached hydrogens (tertiary/aromatic N) is 2. The first kappa shape index (κ1) is 34.2. The Morgan fingerprint density at radius 1 is 0.787 bits per heavy atom. The molecule has 3 aliphatic rings. The van der Waals surface area contributed by atoms with Gasteiger partial charge in [0.2, 0.25) is 11.8 Å². The van der Waals surface area contributed by atoms with E-state index >= 15 is 0 Å². The van der Waals surface area contributed by atoms with Gasteiger partial charge in [0.05, 0.1) is 17.9 Å². The molecule has 2 N–H and O–H groups in total.